The summed E-state index contributed by atoms with van der Waals surface area (Å²) >= 11 is 0. The standard InChI is InChI=1S/C41H52N2O10/c1-11-12-26(44)19(3)28-16-27(45)31-18(2)13-24-33(39(31)53-28)38(49)34-32(37(24)48)22(29-15-25(42(7)8)35(46)20(4)51-29)14-23(36(34)47)30-17-41(6,43(9)10)40(50)21(5)52-30/h11-14,16,19-21,25-26,29-30,35,40,44,46-47,50H,15,17H2,1-10H3/t19-,20-,21-,25+,26+,29-,30-,35+,40-,41-/m1/s1. The Balaban J connectivity index is 1.63. The van der Waals surface area contributed by atoms with Gasteiger partial charge in [-0.15, -0.1) is 0 Å². The minimum Gasteiger partial charge on any atom is -0.507 e. The molecule has 1 aliphatic carbocycles. The number of aliphatic hydroxyl groups is 3. The van der Waals surface area contributed by atoms with Crippen LogP contribution in [0, 0.1) is 6.92 Å². The van der Waals surface area contributed by atoms with Crippen molar-refractivity contribution in [2.75, 3.05) is 28.2 Å². The first-order chi connectivity index (χ1) is 24.8. The highest BCUT2D eigenvalue weighted by Crippen LogP contribution is 2.49. The second-order valence-corrected chi connectivity index (χ2v) is 15.8. The van der Waals surface area contributed by atoms with E-state index in [9.17, 15) is 30.0 Å². The van der Waals surface area contributed by atoms with Crippen LogP contribution in [-0.4, -0.2) is 112 Å². The lowest BCUT2D eigenvalue weighted by molar-refractivity contribution is -0.176. The Morgan fingerprint density at radius 2 is 1.58 bits per heavy atom. The van der Waals surface area contributed by atoms with Crippen LogP contribution in [-0.2, 0) is 9.47 Å². The molecule has 53 heavy (non-hydrogen) atoms. The van der Waals surface area contributed by atoms with Crippen molar-refractivity contribution >= 4 is 22.5 Å². The molecule has 6 rings (SSSR count). The number of benzene rings is 2. The molecule has 3 aliphatic rings. The Bertz CT molecular complexity index is 2050. The smallest absolute Gasteiger partial charge is 0.202 e. The average Bonchev–Trinajstić information content (AvgIpc) is 3.09. The Morgan fingerprint density at radius 1 is 0.925 bits per heavy atom. The molecule has 1 aromatic heterocycles. The lowest BCUT2D eigenvalue weighted by atomic mass is 9.74. The van der Waals surface area contributed by atoms with Crippen LogP contribution in [0.25, 0.3) is 11.0 Å². The van der Waals surface area contributed by atoms with E-state index in [0.717, 1.165) is 0 Å². The molecule has 10 atom stereocenters. The van der Waals surface area contributed by atoms with Crippen molar-refractivity contribution in [2.45, 2.75) is 115 Å². The van der Waals surface area contributed by atoms with Gasteiger partial charge in [0.1, 0.15) is 17.1 Å². The molecule has 0 radical (unpaired) electrons. The van der Waals surface area contributed by atoms with Crippen molar-refractivity contribution in [1.82, 2.24) is 9.80 Å². The Morgan fingerprint density at radius 3 is 2.21 bits per heavy atom. The predicted molar refractivity (Wildman–Crippen MR) is 199 cm³/mol. The summed E-state index contributed by atoms with van der Waals surface area (Å²) in [5.74, 6) is -2.24. The number of rotatable bonds is 7. The molecular weight excluding hydrogens is 680 g/mol. The molecule has 12 heteroatoms. The maximum atomic E-state index is 15.0. The van der Waals surface area contributed by atoms with Crippen molar-refractivity contribution in [3.63, 3.8) is 0 Å². The van der Waals surface area contributed by atoms with Gasteiger partial charge in [0.15, 0.2) is 11.2 Å². The van der Waals surface area contributed by atoms with Crippen LogP contribution < -0.4 is 5.43 Å². The number of phenols is 1. The fourth-order valence-corrected chi connectivity index (χ4v) is 8.44. The fraction of sp³-hybridized carbons (Fsp3) is 0.537. The van der Waals surface area contributed by atoms with Gasteiger partial charge in [-0.05, 0) is 98.9 Å². The molecule has 2 fully saturated rings. The molecule has 2 aromatic carbocycles. The molecule has 0 unspecified atom stereocenters. The summed E-state index contributed by atoms with van der Waals surface area (Å²) in [4.78, 5) is 47.3. The number of carbonyl (C=O) groups excluding carboxylic acids is 2. The SMILES string of the molecule is CC=C[C@H](O)[C@@H](C)c1cc(=O)c2c(C)cc3c(c2o1)C(=O)c1c(O)c([C@H]2C[C@@](C)(N(C)C)[C@H](O)[C@@H](C)O2)cc([C@H]2C[C@H](N(C)C)[C@@H](O)[C@@H](C)O2)c1C3=O. The third kappa shape index (κ3) is 6.27. The van der Waals surface area contributed by atoms with Crippen LogP contribution in [0.5, 0.6) is 5.75 Å². The number of ketones is 2. The molecule has 3 aromatic rings. The van der Waals surface area contributed by atoms with Crippen LogP contribution in [0.15, 0.2) is 39.6 Å². The third-order valence-electron chi connectivity index (χ3n) is 12.0. The maximum Gasteiger partial charge on any atom is 0.202 e. The number of phenolic OH excluding ortho intramolecular Hbond substituents is 1. The molecule has 2 saturated heterocycles. The van der Waals surface area contributed by atoms with Crippen LogP contribution in [0.4, 0.5) is 0 Å². The van der Waals surface area contributed by atoms with Gasteiger partial charge in [-0.3, -0.25) is 14.4 Å². The number of allylic oxidation sites excluding steroid dienone is 1. The number of carbonyl (C=O) groups is 2. The number of fused-ring (bicyclic) bond motifs is 4. The van der Waals surface area contributed by atoms with Crippen molar-refractivity contribution < 1.29 is 43.9 Å². The first-order valence-electron chi connectivity index (χ1n) is 18.3. The third-order valence-corrected chi connectivity index (χ3v) is 12.0. The lowest BCUT2D eigenvalue weighted by Crippen LogP contribution is -2.59. The highest BCUT2D eigenvalue weighted by atomic mass is 16.5. The fourth-order valence-electron chi connectivity index (χ4n) is 8.44. The molecule has 0 bridgehead atoms. The monoisotopic (exact) mass is 732 g/mol. The van der Waals surface area contributed by atoms with E-state index in [-0.39, 0.29) is 63.4 Å². The molecule has 3 heterocycles. The summed E-state index contributed by atoms with van der Waals surface area (Å²) in [6.07, 6.45) is -1.77. The first kappa shape index (κ1) is 39.0. The number of hydrogen-bond donors (Lipinski definition) is 4. The summed E-state index contributed by atoms with van der Waals surface area (Å²) in [7, 11) is 7.41. The number of aromatic hydroxyl groups is 1. The topological polar surface area (TPSA) is 170 Å². The van der Waals surface area contributed by atoms with E-state index in [1.165, 1.54) is 12.1 Å². The van der Waals surface area contributed by atoms with Gasteiger partial charge in [0, 0.05) is 40.3 Å². The second kappa shape index (κ2) is 14.2. The Labute approximate surface area is 309 Å². The Hall–Kier alpha value is -3.75. The van der Waals surface area contributed by atoms with Gasteiger partial charge in [-0.1, -0.05) is 19.1 Å². The summed E-state index contributed by atoms with van der Waals surface area (Å²) in [5, 5.41) is 45.3. The molecule has 4 N–H and O–H groups in total. The highest BCUT2D eigenvalue weighted by molar-refractivity contribution is 6.33. The van der Waals surface area contributed by atoms with Gasteiger partial charge < -0.3 is 44.1 Å². The molecule has 0 spiro atoms. The summed E-state index contributed by atoms with van der Waals surface area (Å²) in [5.41, 5.74) is -0.687. The summed E-state index contributed by atoms with van der Waals surface area (Å²) in [6, 6.07) is 4.13. The van der Waals surface area contributed by atoms with E-state index in [1.54, 1.807) is 52.8 Å². The largest absolute Gasteiger partial charge is 0.507 e. The van der Waals surface area contributed by atoms with Crippen molar-refractivity contribution in [1.29, 1.82) is 0 Å². The van der Waals surface area contributed by atoms with Gasteiger partial charge in [-0.2, -0.15) is 0 Å². The zero-order chi connectivity index (χ0) is 39.0. The molecule has 12 nitrogen and oxygen atoms in total. The van der Waals surface area contributed by atoms with Gasteiger partial charge in [-0.25, -0.2) is 0 Å². The van der Waals surface area contributed by atoms with E-state index < -0.39 is 76.9 Å². The van der Waals surface area contributed by atoms with Gasteiger partial charge in [0.05, 0.1) is 59.2 Å². The van der Waals surface area contributed by atoms with Crippen molar-refractivity contribution in [2.24, 2.45) is 0 Å². The predicted octanol–water partition coefficient (Wildman–Crippen LogP) is 4.30. The zero-order valence-electron chi connectivity index (χ0n) is 32.1. The molecular formula is C41H52N2O10. The maximum absolute atomic E-state index is 15.0. The molecule has 286 valence electrons. The minimum atomic E-state index is -0.986. The van der Waals surface area contributed by atoms with E-state index in [4.69, 9.17) is 13.9 Å². The average molecular weight is 733 g/mol. The lowest BCUT2D eigenvalue weighted by Gasteiger charge is -2.49. The van der Waals surface area contributed by atoms with Crippen molar-refractivity contribution in [3.8, 4) is 5.75 Å². The number of aliphatic hydroxyl groups excluding tert-OH is 3. The molecule has 0 amide bonds. The normalized spacial score (nSPS) is 30.3. The minimum absolute atomic E-state index is 0.0155. The summed E-state index contributed by atoms with van der Waals surface area (Å²) < 4.78 is 19.0. The van der Waals surface area contributed by atoms with E-state index in [1.807, 2.05) is 44.9 Å². The van der Waals surface area contributed by atoms with Crippen LogP contribution in [0.2, 0.25) is 0 Å². The Kier molecular flexibility index (Phi) is 10.4. The number of hydrogen-bond acceptors (Lipinski definition) is 12. The number of ether oxygens (including phenoxy) is 2. The quantitative estimate of drug-likeness (QED) is 0.199. The van der Waals surface area contributed by atoms with E-state index >= 15 is 4.79 Å². The number of nitrogens with zero attached hydrogens (tertiary/aromatic N) is 2. The molecule has 2 aliphatic heterocycles. The van der Waals surface area contributed by atoms with Gasteiger partial charge in [0.25, 0.3) is 0 Å². The van der Waals surface area contributed by atoms with Crippen LogP contribution in [0.1, 0.15) is 120 Å². The van der Waals surface area contributed by atoms with Crippen LogP contribution in [0.3, 0.4) is 0 Å². The van der Waals surface area contributed by atoms with Gasteiger partial charge in [0.2, 0.25) is 5.78 Å². The number of likely N-dealkylation sites (N-methyl/N-ethyl adjacent to an activating group) is 2. The second-order valence-electron chi connectivity index (χ2n) is 15.8. The number of aryl methyl sites for hydroxylation is 1. The van der Waals surface area contributed by atoms with Gasteiger partial charge >= 0.3 is 0 Å². The highest BCUT2D eigenvalue weighted by Gasteiger charge is 2.49. The molecule has 0 saturated carbocycles. The summed E-state index contributed by atoms with van der Waals surface area (Å²) in [6.45, 7) is 10.5. The van der Waals surface area contributed by atoms with Crippen molar-refractivity contribution in [3.05, 3.63) is 85.3 Å². The first-order valence-corrected chi connectivity index (χ1v) is 18.3. The van der Waals surface area contributed by atoms with E-state index in [0.29, 0.717) is 11.1 Å². The zero-order valence-corrected chi connectivity index (χ0v) is 32.1. The van der Waals surface area contributed by atoms with E-state index in [2.05, 4.69) is 0 Å². The van der Waals surface area contributed by atoms with Crippen LogP contribution >= 0.6 is 0 Å².